The van der Waals surface area contributed by atoms with Crippen molar-refractivity contribution in [1.29, 1.82) is 0 Å². The fourth-order valence-corrected chi connectivity index (χ4v) is 7.62. The summed E-state index contributed by atoms with van der Waals surface area (Å²) in [5.41, 5.74) is 3.06. The average Bonchev–Trinajstić information content (AvgIpc) is 4.12. The van der Waals surface area contributed by atoms with Crippen LogP contribution in [0.3, 0.4) is 0 Å². The Morgan fingerprint density at radius 2 is 1.14 bits per heavy atom. The van der Waals surface area contributed by atoms with E-state index in [0.717, 1.165) is 0 Å². The molecule has 0 saturated carbocycles. The summed E-state index contributed by atoms with van der Waals surface area (Å²) in [5, 5.41) is 41.8. The van der Waals surface area contributed by atoms with Gasteiger partial charge in [0.1, 0.15) is 41.3 Å². The number of aryl methyl sites for hydroxylation is 2. The number of phosphoric acid groups is 2. The number of hydrogen-bond donors (Lipinski definition) is 6. The van der Waals surface area contributed by atoms with Gasteiger partial charge in [0.15, 0.2) is 6.29 Å². The van der Waals surface area contributed by atoms with Gasteiger partial charge >= 0.3 is 27.8 Å². The first-order chi connectivity index (χ1) is 33.7. The highest BCUT2D eigenvalue weighted by atomic mass is 31.2. The van der Waals surface area contributed by atoms with E-state index in [-0.39, 0.29) is 55.4 Å². The van der Waals surface area contributed by atoms with Crippen molar-refractivity contribution in [3.63, 3.8) is 0 Å². The third-order valence-corrected chi connectivity index (χ3v) is 10.9. The number of anilines is 2. The van der Waals surface area contributed by atoms with Crippen molar-refractivity contribution in [3.8, 4) is 45.3 Å². The van der Waals surface area contributed by atoms with Crippen LogP contribution in [0.2, 0.25) is 0 Å². The Labute approximate surface area is 398 Å². The van der Waals surface area contributed by atoms with Crippen molar-refractivity contribution in [1.82, 2.24) is 50.4 Å². The number of aromatic nitrogens is 10. The van der Waals surface area contributed by atoms with Gasteiger partial charge in [0.05, 0.1) is 71.6 Å². The molecule has 2 saturated heterocycles. The quantitative estimate of drug-likeness (QED) is 0.0497. The molecule has 6 N–H and O–H groups in total. The lowest BCUT2D eigenvalue weighted by Gasteiger charge is -2.17. The van der Waals surface area contributed by atoms with Crippen molar-refractivity contribution in [2.75, 3.05) is 55.9 Å². The molecular weight excluding hydrogens is 992 g/mol. The van der Waals surface area contributed by atoms with Crippen LogP contribution in [-0.2, 0) is 51.2 Å². The average molecular weight is 1030 g/mol. The predicted octanol–water partition coefficient (Wildman–Crippen LogP) is 1.74. The minimum absolute atomic E-state index is 0.0361. The Morgan fingerprint density at radius 3 is 1.51 bits per heavy atom. The van der Waals surface area contributed by atoms with Gasteiger partial charge in [-0.25, -0.2) is 27.5 Å². The number of benzene rings is 2. The lowest BCUT2D eigenvalue weighted by Crippen LogP contribution is -2.28. The summed E-state index contributed by atoms with van der Waals surface area (Å²) >= 11 is 0. The first-order valence-corrected chi connectivity index (χ1v) is 23.7. The van der Waals surface area contributed by atoms with Crippen molar-refractivity contribution < 1.29 is 85.3 Å². The number of halogens is 2. The molecule has 6 aromatic rings. The molecule has 4 atom stereocenters. The van der Waals surface area contributed by atoms with E-state index in [1.807, 2.05) is 0 Å². The number of hydrogen-bond acceptors (Lipinski definition) is 20. The van der Waals surface area contributed by atoms with Gasteiger partial charge in [-0.05, 0) is 59.0 Å². The number of amides is 2. The van der Waals surface area contributed by atoms with Gasteiger partial charge < -0.3 is 48.7 Å². The highest BCUT2D eigenvalue weighted by molar-refractivity contribution is 7.46. The molecule has 0 bridgehead atoms. The lowest BCUT2D eigenvalue weighted by atomic mass is 10.1. The van der Waals surface area contributed by atoms with E-state index in [1.54, 1.807) is 50.5 Å². The molecule has 0 spiro atoms. The predicted molar refractivity (Wildman–Crippen MR) is 235 cm³/mol. The molecule has 8 rings (SSSR count). The largest absolute Gasteiger partial charge is 0.472 e. The summed E-state index contributed by atoms with van der Waals surface area (Å²) in [6, 6.07) is 15.2. The first-order valence-electron chi connectivity index (χ1n) is 20.6. The molecule has 2 fully saturated rings. The highest BCUT2D eigenvalue weighted by Crippen LogP contribution is 2.38. The van der Waals surface area contributed by atoms with Gasteiger partial charge in [-0.15, -0.1) is 20.4 Å². The second kappa shape index (κ2) is 22.6. The summed E-state index contributed by atoms with van der Waals surface area (Å²) in [5.74, 6) is -0.482. The SMILES string of the molecule is Cn1nnc(-c2ccc(-c3ccc(N4C[C@H](COCC(CO)OP(=O)(O)O)OC4=O)cc3F)cn2)n1.Cn1nnc(-c2ccc(-c3ccc(N4C[C@H](COCC(O)OP(=O)(O)O)OC4=O)cc3F)cn2)n1. The zero-order chi connectivity index (χ0) is 51.0. The standard InChI is InChI=1S/C20H22FN6O8P.C19H20FN6O8P/c1-26-24-19(23-25-26)18-5-2-12(7-22-18)16-4-3-13(6-17(16)21)27-8-14(34-20(27)29)10-33-11-15(9-28)35-36(30,31)32;1-25-23-18(22-24-25)16-5-2-11(7-21-16)14-4-3-12(6-15(14)20)26-8-13(33-19(26)28)9-32-10-17(27)34-35(29,30)31/h2-7,14-15,28H,8-11H2,1H3,(H2,30,31,32);2-7,13,17,27H,8-10H2,1H3,(H2,29,30,31)/t14-,15?;13-,17?/m11/s1. The summed E-state index contributed by atoms with van der Waals surface area (Å²) in [6.45, 7) is -1.77. The molecule has 378 valence electrons. The van der Waals surface area contributed by atoms with E-state index >= 15 is 0 Å². The van der Waals surface area contributed by atoms with E-state index < -0.39 is 77.3 Å². The van der Waals surface area contributed by atoms with Crippen LogP contribution in [-0.4, -0.2) is 163 Å². The van der Waals surface area contributed by atoms with Crippen LogP contribution < -0.4 is 9.80 Å². The normalized spacial score (nSPS) is 16.9. The van der Waals surface area contributed by atoms with Crippen molar-refractivity contribution in [2.45, 2.75) is 24.6 Å². The number of carbonyl (C=O) groups excluding carboxylic acids is 2. The van der Waals surface area contributed by atoms with Gasteiger partial charge in [-0.1, -0.05) is 12.1 Å². The molecule has 2 amide bonds. The Hall–Kier alpha value is -6.66. The minimum Gasteiger partial charge on any atom is -0.441 e. The van der Waals surface area contributed by atoms with E-state index in [1.165, 1.54) is 56.1 Å². The summed E-state index contributed by atoms with van der Waals surface area (Å²) < 4.78 is 80.5. The smallest absolute Gasteiger partial charge is 0.441 e. The zero-order valence-corrected chi connectivity index (χ0v) is 38.8. The van der Waals surface area contributed by atoms with Crippen LogP contribution in [0.4, 0.5) is 29.7 Å². The number of cyclic esters (lactones) is 2. The Kier molecular flexibility index (Phi) is 16.6. The van der Waals surface area contributed by atoms with Crippen LogP contribution in [0.15, 0.2) is 73.1 Å². The van der Waals surface area contributed by atoms with Crippen molar-refractivity contribution in [2.24, 2.45) is 14.1 Å². The van der Waals surface area contributed by atoms with Crippen LogP contribution in [0.25, 0.3) is 45.3 Å². The first kappa shape index (κ1) is 52.2. The molecule has 2 aromatic carbocycles. The molecule has 0 aliphatic carbocycles. The molecule has 4 aromatic heterocycles. The maximum absolute atomic E-state index is 14.9. The minimum atomic E-state index is -4.87. The fraction of sp³-hybridized carbons (Fsp3) is 0.333. The lowest BCUT2D eigenvalue weighted by molar-refractivity contribution is -0.0968. The van der Waals surface area contributed by atoms with Gasteiger partial charge in [0.25, 0.3) is 0 Å². The number of aliphatic hydroxyl groups is 2. The number of carbonyl (C=O) groups is 2. The third-order valence-electron chi connectivity index (χ3n) is 9.82. The third kappa shape index (κ3) is 14.2. The van der Waals surface area contributed by atoms with Crippen LogP contribution in [0.5, 0.6) is 0 Å². The summed E-state index contributed by atoms with van der Waals surface area (Å²) in [6.07, 6.45) is -3.04. The Balaban J connectivity index is 0.000000209. The number of rotatable bonds is 19. The number of tetrazole rings is 2. The second-order valence-electron chi connectivity index (χ2n) is 15.2. The van der Waals surface area contributed by atoms with Crippen molar-refractivity contribution in [3.05, 3.63) is 84.7 Å². The monoisotopic (exact) mass is 1030 g/mol. The molecule has 0 radical (unpaired) electrons. The topological polar surface area (TPSA) is 364 Å². The highest BCUT2D eigenvalue weighted by Gasteiger charge is 2.35. The number of phosphoric ester groups is 2. The molecule has 2 aliphatic heterocycles. The Bertz CT molecular complexity index is 2910. The van der Waals surface area contributed by atoms with Gasteiger partial charge in [-0.3, -0.25) is 28.8 Å². The number of aliphatic hydroxyl groups excluding tert-OH is 2. The fourth-order valence-electron chi connectivity index (χ4n) is 6.73. The molecule has 28 nitrogen and oxygen atoms in total. The summed E-state index contributed by atoms with van der Waals surface area (Å²) in [4.78, 5) is 72.9. The molecule has 71 heavy (non-hydrogen) atoms. The van der Waals surface area contributed by atoms with E-state index in [0.29, 0.717) is 34.2 Å². The van der Waals surface area contributed by atoms with E-state index in [4.69, 9.17) is 43.6 Å². The molecule has 2 aliphatic rings. The molecule has 32 heteroatoms. The maximum Gasteiger partial charge on any atom is 0.472 e. The van der Waals surface area contributed by atoms with Gasteiger partial charge in [0.2, 0.25) is 11.6 Å². The van der Waals surface area contributed by atoms with Crippen LogP contribution in [0.1, 0.15) is 0 Å². The number of pyridine rings is 2. The molecule has 6 heterocycles. The Morgan fingerprint density at radius 1 is 0.690 bits per heavy atom. The zero-order valence-electron chi connectivity index (χ0n) is 37.0. The van der Waals surface area contributed by atoms with Crippen LogP contribution in [0, 0.1) is 11.6 Å². The van der Waals surface area contributed by atoms with Gasteiger partial charge in [0, 0.05) is 34.6 Å². The van der Waals surface area contributed by atoms with E-state index in [9.17, 15) is 32.6 Å². The maximum atomic E-state index is 14.9. The molecular formula is C39H42F2N12O16P2. The van der Waals surface area contributed by atoms with Crippen molar-refractivity contribution >= 4 is 39.2 Å². The second-order valence-corrected chi connectivity index (χ2v) is 17.5. The molecule has 2 unspecified atom stereocenters. The number of nitrogens with zero attached hydrogens (tertiary/aromatic N) is 12. The van der Waals surface area contributed by atoms with Gasteiger partial charge in [-0.2, -0.15) is 9.59 Å². The van der Waals surface area contributed by atoms with Crippen LogP contribution >= 0.6 is 15.6 Å². The number of ether oxygens (including phenoxy) is 4. The van der Waals surface area contributed by atoms with E-state index in [2.05, 4.69) is 49.8 Å². The summed E-state index contributed by atoms with van der Waals surface area (Å²) in [7, 11) is -6.40.